The maximum absolute atomic E-state index is 12.6. The molecule has 1 N–H and O–H groups in total. The lowest BCUT2D eigenvalue weighted by Gasteiger charge is -2.15. The minimum atomic E-state index is -5.00. The van der Waals surface area contributed by atoms with Crippen molar-refractivity contribution in [1.29, 1.82) is 0 Å². The molecule has 0 radical (unpaired) electrons. The average Bonchev–Trinajstić information content (AvgIpc) is 2.54. The fourth-order valence-electron chi connectivity index (χ4n) is 2.27. The Labute approximate surface area is 141 Å². The van der Waals surface area contributed by atoms with E-state index in [0.29, 0.717) is 10.9 Å². The lowest BCUT2D eigenvalue weighted by molar-refractivity contribution is -0.275. The number of ether oxygens (including phenoxy) is 1. The fraction of sp³-hybridized carbons (Fsp3) is 0.0625. The number of aromatic nitrogens is 1. The SMILES string of the molecule is O=S(=O)(Nc1ccnc2ccccc12)c1ccccc1OC(F)(F)F. The van der Waals surface area contributed by atoms with E-state index in [1.165, 1.54) is 24.4 Å². The number of fused-ring (bicyclic) bond motifs is 1. The minimum absolute atomic E-state index is 0.201. The lowest BCUT2D eigenvalue weighted by Crippen LogP contribution is -2.21. The van der Waals surface area contributed by atoms with Crippen LogP contribution in [0.2, 0.25) is 0 Å². The second-order valence-electron chi connectivity index (χ2n) is 4.98. The number of hydrogen-bond donors (Lipinski definition) is 1. The van der Waals surface area contributed by atoms with Crippen molar-refractivity contribution in [2.24, 2.45) is 0 Å². The van der Waals surface area contributed by atoms with Crippen LogP contribution in [0.15, 0.2) is 65.7 Å². The molecule has 3 aromatic rings. The van der Waals surface area contributed by atoms with Gasteiger partial charge in [0.2, 0.25) is 0 Å². The molecule has 1 aromatic heterocycles. The number of hydrogen-bond acceptors (Lipinski definition) is 4. The van der Waals surface area contributed by atoms with E-state index >= 15 is 0 Å². The molecular formula is C16H11F3N2O3S. The highest BCUT2D eigenvalue weighted by Crippen LogP contribution is 2.31. The topological polar surface area (TPSA) is 68.3 Å². The van der Waals surface area contributed by atoms with Crippen LogP contribution in [0.3, 0.4) is 0 Å². The second kappa shape index (κ2) is 6.25. The monoisotopic (exact) mass is 368 g/mol. The van der Waals surface area contributed by atoms with Crippen LogP contribution in [-0.4, -0.2) is 19.8 Å². The molecule has 5 nitrogen and oxygen atoms in total. The zero-order valence-electron chi connectivity index (χ0n) is 12.5. The van der Waals surface area contributed by atoms with E-state index in [9.17, 15) is 21.6 Å². The molecule has 0 atom stereocenters. The van der Waals surface area contributed by atoms with Crippen molar-refractivity contribution in [3.63, 3.8) is 0 Å². The van der Waals surface area contributed by atoms with Crippen LogP contribution in [0, 0.1) is 0 Å². The number of rotatable bonds is 4. The van der Waals surface area contributed by atoms with E-state index in [1.807, 2.05) is 0 Å². The van der Waals surface area contributed by atoms with Gasteiger partial charge in [0.1, 0.15) is 10.6 Å². The Morgan fingerprint density at radius 3 is 2.40 bits per heavy atom. The number of halogens is 3. The zero-order chi connectivity index (χ0) is 18.1. The molecule has 130 valence electrons. The van der Waals surface area contributed by atoms with Crippen molar-refractivity contribution >= 4 is 26.6 Å². The first-order chi connectivity index (χ1) is 11.8. The van der Waals surface area contributed by atoms with Crippen molar-refractivity contribution < 1.29 is 26.3 Å². The van der Waals surface area contributed by atoms with Crippen molar-refractivity contribution in [1.82, 2.24) is 4.98 Å². The third-order valence-electron chi connectivity index (χ3n) is 3.26. The van der Waals surface area contributed by atoms with E-state index in [0.717, 1.165) is 12.1 Å². The van der Waals surface area contributed by atoms with Gasteiger partial charge in [-0.15, -0.1) is 13.2 Å². The number of pyridine rings is 1. The molecule has 0 saturated heterocycles. The van der Waals surface area contributed by atoms with Crippen LogP contribution in [0.4, 0.5) is 18.9 Å². The number of sulfonamides is 1. The van der Waals surface area contributed by atoms with Crippen molar-refractivity contribution in [2.75, 3.05) is 4.72 Å². The summed E-state index contributed by atoms with van der Waals surface area (Å²) in [5.74, 6) is -0.805. The number of para-hydroxylation sites is 2. The summed E-state index contributed by atoms with van der Waals surface area (Å²) in [5, 5.41) is 0.516. The summed E-state index contributed by atoms with van der Waals surface area (Å²) in [7, 11) is -4.31. The molecule has 0 bridgehead atoms. The minimum Gasteiger partial charge on any atom is -0.404 e. The van der Waals surface area contributed by atoms with E-state index in [2.05, 4.69) is 14.4 Å². The molecule has 0 fully saturated rings. The number of anilines is 1. The molecule has 0 aliphatic heterocycles. The van der Waals surface area contributed by atoms with Gasteiger partial charge in [-0.25, -0.2) is 8.42 Å². The molecule has 0 spiro atoms. The Bertz CT molecular complexity index is 1020. The first-order valence-corrected chi connectivity index (χ1v) is 8.46. The molecular weight excluding hydrogens is 357 g/mol. The van der Waals surface area contributed by atoms with Crippen LogP contribution in [-0.2, 0) is 10.0 Å². The van der Waals surface area contributed by atoms with Crippen LogP contribution < -0.4 is 9.46 Å². The summed E-state index contributed by atoms with van der Waals surface area (Å²) in [4.78, 5) is 3.48. The van der Waals surface area contributed by atoms with Gasteiger partial charge in [-0.05, 0) is 24.3 Å². The van der Waals surface area contributed by atoms with E-state index in [1.54, 1.807) is 24.3 Å². The average molecular weight is 368 g/mol. The molecule has 25 heavy (non-hydrogen) atoms. The normalized spacial score (nSPS) is 12.1. The van der Waals surface area contributed by atoms with Gasteiger partial charge >= 0.3 is 6.36 Å². The standard InChI is InChI=1S/C16H11F3N2O3S/c17-16(18,19)24-14-7-3-4-8-15(14)25(22,23)21-13-9-10-20-12-6-2-1-5-11(12)13/h1-10H,(H,20,21). The van der Waals surface area contributed by atoms with Gasteiger partial charge in [0.15, 0.2) is 0 Å². The van der Waals surface area contributed by atoms with E-state index in [-0.39, 0.29) is 5.69 Å². The fourth-order valence-corrected chi connectivity index (χ4v) is 3.48. The van der Waals surface area contributed by atoms with Gasteiger partial charge in [0.05, 0.1) is 11.2 Å². The number of alkyl halides is 3. The summed E-state index contributed by atoms with van der Waals surface area (Å²) in [6.45, 7) is 0. The van der Waals surface area contributed by atoms with Gasteiger partial charge in [0, 0.05) is 11.6 Å². The number of benzene rings is 2. The third kappa shape index (κ3) is 3.82. The summed E-state index contributed by atoms with van der Waals surface area (Å²) < 4.78 is 68.7. The maximum Gasteiger partial charge on any atom is 0.573 e. The molecule has 0 amide bonds. The van der Waals surface area contributed by atoms with Crippen molar-refractivity contribution in [2.45, 2.75) is 11.3 Å². The summed E-state index contributed by atoms with van der Waals surface area (Å²) in [6.07, 6.45) is -3.60. The quantitative estimate of drug-likeness (QED) is 0.758. The smallest absolute Gasteiger partial charge is 0.404 e. The first kappa shape index (κ1) is 17.0. The molecule has 9 heteroatoms. The Hall–Kier alpha value is -2.81. The summed E-state index contributed by atoms with van der Waals surface area (Å²) in [6, 6.07) is 12.7. The van der Waals surface area contributed by atoms with Crippen molar-refractivity contribution in [3.05, 3.63) is 60.8 Å². The van der Waals surface area contributed by atoms with Crippen LogP contribution in [0.25, 0.3) is 10.9 Å². The Morgan fingerprint density at radius 2 is 1.64 bits per heavy atom. The van der Waals surface area contributed by atoms with Gasteiger partial charge in [-0.3, -0.25) is 9.71 Å². The van der Waals surface area contributed by atoms with Gasteiger partial charge in [-0.1, -0.05) is 30.3 Å². The predicted octanol–water partition coefficient (Wildman–Crippen LogP) is 3.93. The summed E-state index contributed by atoms with van der Waals surface area (Å²) >= 11 is 0. The number of nitrogens with zero attached hydrogens (tertiary/aromatic N) is 1. The largest absolute Gasteiger partial charge is 0.573 e. The molecule has 1 heterocycles. The molecule has 0 saturated carbocycles. The van der Waals surface area contributed by atoms with E-state index < -0.39 is 27.0 Å². The van der Waals surface area contributed by atoms with Gasteiger partial charge in [0.25, 0.3) is 10.0 Å². The van der Waals surface area contributed by atoms with Gasteiger partial charge < -0.3 is 4.74 Å². The highest BCUT2D eigenvalue weighted by atomic mass is 32.2. The van der Waals surface area contributed by atoms with Crippen LogP contribution in [0.1, 0.15) is 0 Å². The highest BCUT2D eigenvalue weighted by molar-refractivity contribution is 7.92. The molecule has 0 aliphatic rings. The van der Waals surface area contributed by atoms with Crippen molar-refractivity contribution in [3.8, 4) is 5.75 Å². The molecule has 0 unspecified atom stereocenters. The molecule has 3 rings (SSSR count). The summed E-state index contributed by atoms with van der Waals surface area (Å²) in [5.41, 5.74) is 0.745. The number of nitrogens with one attached hydrogen (secondary N) is 1. The zero-order valence-corrected chi connectivity index (χ0v) is 13.3. The highest BCUT2D eigenvalue weighted by Gasteiger charge is 2.34. The van der Waals surface area contributed by atoms with E-state index in [4.69, 9.17) is 0 Å². The molecule has 2 aromatic carbocycles. The Kier molecular flexibility index (Phi) is 4.25. The lowest BCUT2D eigenvalue weighted by atomic mass is 10.2. The third-order valence-corrected chi connectivity index (χ3v) is 4.66. The Morgan fingerprint density at radius 1 is 0.960 bits per heavy atom. The maximum atomic E-state index is 12.6. The Balaban J connectivity index is 2.03. The second-order valence-corrected chi connectivity index (χ2v) is 6.63. The van der Waals surface area contributed by atoms with Crippen LogP contribution in [0.5, 0.6) is 5.75 Å². The first-order valence-electron chi connectivity index (χ1n) is 6.98. The molecule has 0 aliphatic carbocycles. The predicted molar refractivity (Wildman–Crippen MR) is 85.7 cm³/mol. The van der Waals surface area contributed by atoms with Gasteiger partial charge in [-0.2, -0.15) is 0 Å². The van der Waals surface area contributed by atoms with Crippen LogP contribution >= 0.6 is 0 Å².